The average molecular weight is 292 g/mol. The van der Waals surface area contributed by atoms with E-state index in [1.54, 1.807) is 0 Å². The molecule has 0 saturated heterocycles. The molecule has 2 aromatic rings. The third kappa shape index (κ3) is 4.10. The van der Waals surface area contributed by atoms with Crippen molar-refractivity contribution in [3.05, 3.63) is 52.8 Å². The molecule has 0 bridgehead atoms. The summed E-state index contributed by atoms with van der Waals surface area (Å²) in [5.74, 6) is 0.0144. The van der Waals surface area contributed by atoms with E-state index in [4.69, 9.17) is 11.6 Å². The number of hydrogen-bond donors (Lipinski definition) is 1. The lowest BCUT2D eigenvalue weighted by Crippen LogP contribution is -2.25. The zero-order valence-electron chi connectivity index (χ0n) is 11.6. The minimum atomic E-state index is 0.0144. The Morgan fingerprint density at radius 3 is 2.65 bits per heavy atom. The summed E-state index contributed by atoms with van der Waals surface area (Å²) in [6.07, 6.45) is 2.31. The van der Waals surface area contributed by atoms with Crippen LogP contribution >= 0.6 is 11.6 Å². The van der Waals surface area contributed by atoms with Gasteiger partial charge >= 0.3 is 0 Å². The third-order valence-corrected chi connectivity index (χ3v) is 3.33. The lowest BCUT2D eigenvalue weighted by Gasteiger charge is -2.12. The summed E-state index contributed by atoms with van der Waals surface area (Å²) in [6, 6.07) is 9.43. The van der Waals surface area contributed by atoms with E-state index in [1.165, 1.54) is 0 Å². The van der Waals surface area contributed by atoms with Crippen LogP contribution in [0.25, 0.3) is 0 Å². The number of benzene rings is 1. The van der Waals surface area contributed by atoms with Crippen molar-refractivity contribution in [3.8, 4) is 0 Å². The van der Waals surface area contributed by atoms with Gasteiger partial charge in [-0.15, -0.1) is 0 Å². The van der Waals surface area contributed by atoms with E-state index in [1.807, 2.05) is 55.1 Å². The van der Waals surface area contributed by atoms with E-state index in [-0.39, 0.29) is 11.9 Å². The summed E-state index contributed by atoms with van der Waals surface area (Å²) >= 11 is 5.82. The van der Waals surface area contributed by atoms with Crippen LogP contribution < -0.4 is 5.32 Å². The number of rotatable bonds is 5. The second-order valence-electron chi connectivity index (χ2n) is 4.89. The molecule has 106 valence electrons. The van der Waals surface area contributed by atoms with Crippen LogP contribution in [-0.4, -0.2) is 15.7 Å². The first-order valence-corrected chi connectivity index (χ1v) is 6.95. The minimum Gasteiger partial charge on any atom is -0.352 e. The zero-order valence-corrected chi connectivity index (χ0v) is 12.4. The molecule has 4 nitrogen and oxygen atoms in total. The first-order valence-electron chi connectivity index (χ1n) is 6.57. The van der Waals surface area contributed by atoms with Crippen molar-refractivity contribution in [2.45, 2.75) is 32.9 Å². The predicted octanol–water partition coefficient (Wildman–Crippen LogP) is 3.11. The number of amides is 1. The molecule has 1 aromatic heterocycles. The molecule has 0 aliphatic heterocycles. The Morgan fingerprint density at radius 2 is 2.05 bits per heavy atom. The lowest BCUT2D eigenvalue weighted by atomic mass is 10.2. The maximum Gasteiger partial charge on any atom is 0.222 e. The Hall–Kier alpha value is -1.81. The van der Waals surface area contributed by atoms with Crippen molar-refractivity contribution in [1.29, 1.82) is 0 Å². The molecule has 1 aromatic carbocycles. The van der Waals surface area contributed by atoms with Gasteiger partial charge in [-0.2, -0.15) is 5.10 Å². The molecule has 2 rings (SSSR count). The number of hydrogen-bond acceptors (Lipinski definition) is 2. The third-order valence-electron chi connectivity index (χ3n) is 3.08. The first-order chi connectivity index (χ1) is 9.54. The van der Waals surface area contributed by atoms with Gasteiger partial charge in [-0.25, -0.2) is 0 Å². The number of aryl methyl sites for hydroxylation is 1. The fraction of sp³-hybridized carbons (Fsp3) is 0.333. The van der Waals surface area contributed by atoms with Crippen molar-refractivity contribution >= 4 is 17.5 Å². The van der Waals surface area contributed by atoms with Gasteiger partial charge < -0.3 is 5.32 Å². The minimum absolute atomic E-state index is 0.0144. The topological polar surface area (TPSA) is 46.9 Å². The SMILES string of the molecule is Cc1ccn([C@H](C)CC(=O)NCc2ccc(Cl)cc2)n1. The van der Waals surface area contributed by atoms with E-state index in [9.17, 15) is 4.79 Å². The van der Waals surface area contributed by atoms with Gasteiger partial charge in [0.05, 0.1) is 11.7 Å². The van der Waals surface area contributed by atoms with E-state index in [0.29, 0.717) is 18.0 Å². The maximum atomic E-state index is 11.9. The second-order valence-corrected chi connectivity index (χ2v) is 5.33. The van der Waals surface area contributed by atoms with Crippen LogP contribution in [0.2, 0.25) is 5.02 Å². The van der Waals surface area contributed by atoms with Gasteiger partial charge in [-0.3, -0.25) is 9.48 Å². The molecule has 0 unspecified atom stereocenters. The molecule has 0 fully saturated rings. The molecule has 1 heterocycles. The fourth-order valence-electron chi connectivity index (χ4n) is 1.92. The summed E-state index contributed by atoms with van der Waals surface area (Å²) in [6.45, 7) is 4.43. The highest BCUT2D eigenvalue weighted by Crippen LogP contribution is 2.11. The maximum absolute atomic E-state index is 11.9. The molecule has 0 aliphatic carbocycles. The Morgan fingerprint density at radius 1 is 1.35 bits per heavy atom. The van der Waals surface area contributed by atoms with Gasteiger partial charge in [0.15, 0.2) is 0 Å². The molecular formula is C15H18ClN3O. The molecule has 1 N–H and O–H groups in total. The summed E-state index contributed by atoms with van der Waals surface area (Å²) in [7, 11) is 0. The van der Waals surface area contributed by atoms with Crippen LogP contribution in [0.15, 0.2) is 36.5 Å². The highest BCUT2D eigenvalue weighted by Gasteiger charge is 2.11. The van der Waals surface area contributed by atoms with Crippen LogP contribution in [0.4, 0.5) is 0 Å². The van der Waals surface area contributed by atoms with Crippen LogP contribution in [0.5, 0.6) is 0 Å². The molecule has 0 radical (unpaired) electrons. The van der Waals surface area contributed by atoms with Crippen molar-refractivity contribution in [3.63, 3.8) is 0 Å². The van der Waals surface area contributed by atoms with Crippen molar-refractivity contribution in [2.24, 2.45) is 0 Å². The Labute approximate surface area is 123 Å². The summed E-state index contributed by atoms with van der Waals surface area (Å²) < 4.78 is 1.82. The predicted molar refractivity (Wildman–Crippen MR) is 79.6 cm³/mol. The average Bonchev–Trinajstić information content (AvgIpc) is 2.85. The van der Waals surface area contributed by atoms with Gasteiger partial charge in [-0.05, 0) is 37.6 Å². The Kier molecular flexibility index (Phi) is 4.79. The van der Waals surface area contributed by atoms with Crippen LogP contribution in [0.1, 0.15) is 30.6 Å². The van der Waals surface area contributed by atoms with Crippen molar-refractivity contribution < 1.29 is 4.79 Å². The largest absolute Gasteiger partial charge is 0.352 e. The number of nitrogens with one attached hydrogen (secondary N) is 1. The van der Waals surface area contributed by atoms with Crippen molar-refractivity contribution in [1.82, 2.24) is 15.1 Å². The normalized spacial score (nSPS) is 12.2. The number of carbonyl (C=O) groups is 1. The molecule has 1 amide bonds. The number of nitrogens with zero attached hydrogens (tertiary/aromatic N) is 2. The van der Waals surface area contributed by atoms with Gasteiger partial charge in [-0.1, -0.05) is 23.7 Å². The zero-order chi connectivity index (χ0) is 14.5. The molecule has 20 heavy (non-hydrogen) atoms. The highest BCUT2D eigenvalue weighted by molar-refractivity contribution is 6.30. The monoisotopic (exact) mass is 291 g/mol. The van der Waals surface area contributed by atoms with E-state index < -0.39 is 0 Å². The molecular weight excluding hydrogens is 274 g/mol. The standard InChI is InChI=1S/C15H18ClN3O/c1-11-7-8-19(18-11)12(2)9-15(20)17-10-13-3-5-14(16)6-4-13/h3-8,12H,9-10H2,1-2H3,(H,17,20)/t12-/m1/s1. The van der Waals surface area contributed by atoms with E-state index in [0.717, 1.165) is 11.3 Å². The van der Waals surface area contributed by atoms with E-state index in [2.05, 4.69) is 10.4 Å². The summed E-state index contributed by atoms with van der Waals surface area (Å²) in [4.78, 5) is 11.9. The van der Waals surface area contributed by atoms with Crippen LogP contribution in [-0.2, 0) is 11.3 Å². The Balaban J connectivity index is 1.82. The first kappa shape index (κ1) is 14.6. The lowest BCUT2D eigenvalue weighted by molar-refractivity contribution is -0.122. The van der Waals surface area contributed by atoms with Crippen molar-refractivity contribution in [2.75, 3.05) is 0 Å². The highest BCUT2D eigenvalue weighted by atomic mass is 35.5. The number of aromatic nitrogens is 2. The summed E-state index contributed by atoms with van der Waals surface area (Å²) in [5, 5.41) is 7.91. The van der Waals surface area contributed by atoms with Crippen LogP contribution in [0, 0.1) is 6.92 Å². The molecule has 0 aliphatic rings. The Bertz CT molecular complexity index is 577. The van der Waals surface area contributed by atoms with Crippen LogP contribution in [0.3, 0.4) is 0 Å². The second kappa shape index (κ2) is 6.57. The van der Waals surface area contributed by atoms with E-state index >= 15 is 0 Å². The van der Waals surface area contributed by atoms with Gasteiger partial charge in [0.1, 0.15) is 0 Å². The molecule has 1 atom stereocenters. The smallest absolute Gasteiger partial charge is 0.222 e. The van der Waals surface area contributed by atoms with Gasteiger partial charge in [0.2, 0.25) is 5.91 Å². The molecule has 5 heteroatoms. The quantitative estimate of drug-likeness (QED) is 0.920. The molecule has 0 saturated carbocycles. The molecule has 0 spiro atoms. The number of halogens is 1. The van der Waals surface area contributed by atoms with Gasteiger partial charge in [0, 0.05) is 24.2 Å². The summed E-state index contributed by atoms with van der Waals surface area (Å²) in [5.41, 5.74) is 1.99. The fourth-order valence-corrected chi connectivity index (χ4v) is 2.04. The van der Waals surface area contributed by atoms with Gasteiger partial charge in [0.25, 0.3) is 0 Å². The number of carbonyl (C=O) groups excluding carboxylic acids is 1.